The lowest BCUT2D eigenvalue weighted by Crippen LogP contribution is -2.31. The fraction of sp³-hybridized carbons (Fsp3) is 0.133. The number of hydrogen-bond donors (Lipinski definition) is 1. The van der Waals surface area contributed by atoms with Gasteiger partial charge < -0.3 is 10.6 Å². The molecule has 2 aromatic rings. The summed E-state index contributed by atoms with van der Waals surface area (Å²) in [5.74, 6) is -0.610. The summed E-state index contributed by atoms with van der Waals surface area (Å²) in [5.41, 5.74) is 7.98. The first-order valence-electron chi connectivity index (χ1n) is 6.17. The molecular weight excluding hydrogens is 279 g/mol. The molecule has 0 radical (unpaired) electrons. The first-order chi connectivity index (χ1) is 9.56. The Kier molecular flexibility index (Phi) is 3.20. The van der Waals surface area contributed by atoms with Gasteiger partial charge in [0.05, 0.1) is 6.54 Å². The highest BCUT2D eigenvalue weighted by molar-refractivity contribution is 6.30. The maximum Gasteiger partial charge on any atom is 0.248 e. The summed E-state index contributed by atoms with van der Waals surface area (Å²) in [6, 6.07) is 10.7. The Balaban J connectivity index is 1.95. The molecule has 5 heteroatoms. The lowest BCUT2D eigenvalue weighted by atomic mass is 10.1. The van der Waals surface area contributed by atoms with Gasteiger partial charge >= 0.3 is 0 Å². The Morgan fingerprint density at radius 1 is 1.20 bits per heavy atom. The molecule has 1 aliphatic heterocycles. The highest BCUT2D eigenvalue weighted by atomic mass is 35.5. The van der Waals surface area contributed by atoms with E-state index in [-0.39, 0.29) is 11.7 Å². The summed E-state index contributed by atoms with van der Waals surface area (Å²) in [7, 11) is 0. The normalized spacial score (nSPS) is 17.4. The fourth-order valence-corrected chi connectivity index (χ4v) is 2.50. The van der Waals surface area contributed by atoms with E-state index in [0.717, 1.165) is 5.56 Å². The second-order valence-electron chi connectivity index (χ2n) is 4.73. The van der Waals surface area contributed by atoms with Crippen molar-refractivity contribution in [1.29, 1.82) is 0 Å². The quantitative estimate of drug-likeness (QED) is 0.924. The minimum atomic E-state index is -0.798. The molecule has 2 N–H and O–H groups in total. The number of nitrogens with zero attached hydrogens (tertiary/aromatic N) is 1. The van der Waals surface area contributed by atoms with Gasteiger partial charge in [0.1, 0.15) is 11.9 Å². The topological polar surface area (TPSA) is 46.3 Å². The Labute approximate surface area is 120 Å². The molecule has 20 heavy (non-hydrogen) atoms. The molecule has 0 aromatic heterocycles. The van der Waals surface area contributed by atoms with Crippen molar-refractivity contribution >= 4 is 23.2 Å². The van der Waals surface area contributed by atoms with Crippen LogP contribution in [0.3, 0.4) is 0 Å². The van der Waals surface area contributed by atoms with Crippen LogP contribution in [-0.2, 0) is 11.3 Å². The molecule has 1 amide bonds. The van der Waals surface area contributed by atoms with Crippen molar-refractivity contribution in [3.63, 3.8) is 0 Å². The van der Waals surface area contributed by atoms with Crippen LogP contribution in [0.2, 0.25) is 5.02 Å². The largest absolute Gasteiger partial charge is 0.316 e. The molecule has 2 aromatic carbocycles. The van der Waals surface area contributed by atoms with Crippen LogP contribution in [0.5, 0.6) is 0 Å². The predicted molar refractivity (Wildman–Crippen MR) is 76.0 cm³/mol. The van der Waals surface area contributed by atoms with Crippen molar-refractivity contribution in [3.8, 4) is 0 Å². The average molecular weight is 291 g/mol. The van der Waals surface area contributed by atoms with E-state index in [4.69, 9.17) is 17.3 Å². The lowest BCUT2D eigenvalue weighted by Gasteiger charge is -2.17. The molecule has 0 saturated carbocycles. The molecule has 3 rings (SSSR count). The number of fused-ring (bicyclic) bond motifs is 1. The number of halogens is 2. The second kappa shape index (κ2) is 4.89. The Morgan fingerprint density at radius 2 is 1.90 bits per heavy atom. The van der Waals surface area contributed by atoms with E-state index >= 15 is 0 Å². The van der Waals surface area contributed by atoms with Gasteiger partial charge in [0.25, 0.3) is 0 Å². The van der Waals surface area contributed by atoms with Gasteiger partial charge in [0.15, 0.2) is 0 Å². The van der Waals surface area contributed by atoms with Gasteiger partial charge in [0.2, 0.25) is 5.91 Å². The first-order valence-corrected chi connectivity index (χ1v) is 6.55. The van der Waals surface area contributed by atoms with Crippen LogP contribution in [0.25, 0.3) is 0 Å². The molecule has 102 valence electrons. The van der Waals surface area contributed by atoms with Gasteiger partial charge in [-0.2, -0.15) is 0 Å². The van der Waals surface area contributed by atoms with Gasteiger partial charge in [-0.05, 0) is 35.9 Å². The molecule has 1 atom stereocenters. The van der Waals surface area contributed by atoms with Crippen LogP contribution in [0.1, 0.15) is 17.2 Å². The molecule has 3 nitrogen and oxygen atoms in total. The maximum atomic E-state index is 13.3. The van der Waals surface area contributed by atoms with Gasteiger partial charge in [-0.25, -0.2) is 4.39 Å². The first kappa shape index (κ1) is 13.1. The van der Waals surface area contributed by atoms with Crippen LogP contribution in [-0.4, -0.2) is 5.91 Å². The summed E-state index contributed by atoms with van der Waals surface area (Å²) in [4.78, 5) is 13.8. The third-order valence-electron chi connectivity index (χ3n) is 3.40. The molecule has 0 unspecified atom stereocenters. The van der Waals surface area contributed by atoms with Gasteiger partial charge in [-0.3, -0.25) is 4.79 Å². The second-order valence-corrected chi connectivity index (χ2v) is 5.17. The van der Waals surface area contributed by atoms with E-state index in [0.29, 0.717) is 22.8 Å². The summed E-state index contributed by atoms with van der Waals surface area (Å²) in [6.45, 7) is 0.391. The number of rotatable bonds is 2. The number of anilines is 1. The van der Waals surface area contributed by atoms with Crippen LogP contribution in [0.4, 0.5) is 10.1 Å². The van der Waals surface area contributed by atoms with Crippen LogP contribution < -0.4 is 10.6 Å². The third-order valence-corrected chi connectivity index (χ3v) is 3.65. The van der Waals surface area contributed by atoms with Gasteiger partial charge in [0, 0.05) is 16.3 Å². The average Bonchev–Trinajstić information content (AvgIpc) is 2.66. The van der Waals surface area contributed by atoms with E-state index in [1.54, 1.807) is 23.1 Å². The molecule has 0 bridgehead atoms. The highest BCUT2D eigenvalue weighted by Crippen LogP contribution is 2.35. The Morgan fingerprint density at radius 3 is 2.60 bits per heavy atom. The minimum Gasteiger partial charge on any atom is -0.316 e. The molecule has 0 saturated heterocycles. The van der Waals surface area contributed by atoms with Crippen molar-refractivity contribution in [2.45, 2.75) is 12.6 Å². The summed E-state index contributed by atoms with van der Waals surface area (Å²) < 4.78 is 13.3. The Hall–Kier alpha value is -1.91. The zero-order valence-corrected chi connectivity index (χ0v) is 11.3. The third kappa shape index (κ3) is 2.17. The zero-order chi connectivity index (χ0) is 14.3. The van der Waals surface area contributed by atoms with Crippen molar-refractivity contribution in [2.24, 2.45) is 5.73 Å². The predicted octanol–water partition coefficient (Wildman–Crippen LogP) is 3.03. The van der Waals surface area contributed by atoms with E-state index in [2.05, 4.69) is 0 Å². The van der Waals surface area contributed by atoms with E-state index in [1.165, 1.54) is 12.1 Å². The molecule has 0 fully saturated rings. The fourth-order valence-electron chi connectivity index (χ4n) is 2.38. The summed E-state index contributed by atoms with van der Waals surface area (Å²) >= 11 is 5.84. The van der Waals surface area contributed by atoms with Gasteiger partial charge in [-0.1, -0.05) is 23.7 Å². The lowest BCUT2D eigenvalue weighted by molar-refractivity contribution is -0.119. The summed E-state index contributed by atoms with van der Waals surface area (Å²) in [5, 5.41) is 0.640. The highest BCUT2D eigenvalue weighted by Gasteiger charge is 2.34. The minimum absolute atomic E-state index is 0.222. The maximum absolute atomic E-state index is 13.3. The number of carbonyl (C=O) groups excluding carboxylic acids is 1. The van der Waals surface area contributed by atoms with Gasteiger partial charge in [-0.15, -0.1) is 0 Å². The van der Waals surface area contributed by atoms with Crippen LogP contribution >= 0.6 is 11.6 Å². The molecule has 0 aliphatic carbocycles. The zero-order valence-electron chi connectivity index (χ0n) is 10.5. The molecule has 1 aliphatic rings. The van der Waals surface area contributed by atoms with Crippen molar-refractivity contribution in [2.75, 3.05) is 4.90 Å². The molecule has 0 spiro atoms. The van der Waals surface area contributed by atoms with E-state index < -0.39 is 6.04 Å². The van der Waals surface area contributed by atoms with Crippen LogP contribution in [0.15, 0.2) is 42.5 Å². The van der Waals surface area contributed by atoms with E-state index in [9.17, 15) is 9.18 Å². The van der Waals surface area contributed by atoms with E-state index in [1.807, 2.05) is 12.1 Å². The monoisotopic (exact) mass is 290 g/mol. The number of amides is 1. The smallest absolute Gasteiger partial charge is 0.248 e. The number of carbonyl (C=O) groups is 1. The van der Waals surface area contributed by atoms with Crippen LogP contribution in [0, 0.1) is 5.82 Å². The standard InChI is InChI=1S/C15H12ClFN2O/c16-10-3-1-9(2-4-10)8-19-13-6-5-11(17)7-12(13)14(18)15(19)20/h1-7,14H,8,18H2/t14-/m1/s1. The molecular formula is C15H12ClFN2O. The number of nitrogens with two attached hydrogens (primary N) is 1. The SMILES string of the molecule is N[C@H]1C(=O)N(Cc2ccc(Cl)cc2)c2ccc(F)cc21. The van der Waals surface area contributed by atoms with Crippen molar-refractivity contribution in [3.05, 3.63) is 64.4 Å². The number of benzene rings is 2. The molecule has 1 heterocycles. The van der Waals surface area contributed by atoms with Crippen molar-refractivity contribution < 1.29 is 9.18 Å². The Bertz CT molecular complexity index is 672. The number of hydrogen-bond acceptors (Lipinski definition) is 2. The summed E-state index contributed by atoms with van der Waals surface area (Å²) in [6.07, 6.45) is 0. The van der Waals surface area contributed by atoms with Crippen molar-refractivity contribution in [1.82, 2.24) is 0 Å².